The molecule has 0 saturated carbocycles. The fourth-order valence-corrected chi connectivity index (χ4v) is 3.40. The lowest BCUT2D eigenvalue weighted by atomic mass is 10.1. The van der Waals surface area contributed by atoms with E-state index in [0.29, 0.717) is 0 Å². The van der Waals surface area contributed by atoms with Crippen LogP contribution in [0.2, 0.25) is 0 Å². The van der Waals surface area contributed by atoms with Crippen LogP contribution in [-0.4, -0.2) is 19.2 Å². The second-order valence-corrected chi connectivity index (χ2v) is 6.54. The predicted octanol–water partition coefficient (Wildman–Crippen LogP) is 4.50. The highest BCUT2D eigenvalue weighted by atomic mass is 79.9. The molecule has 19 heavy (non-hydrogen) atoms. The van der Waals surface area contributed by atoms with Crippen LogP contribution < -0.4 is 10.1 Å². The molecule has 0 aromatic heterocycles. The van der Waals surface area contributed by atoms with Gasteiger partial charge in [0.25, 0.3) is 0 Å². The normalized spacial score (nSPS) is 19.6. The Hall–Kier alpha value is -0.580. The number of piperidine rings is 1. The summed E-state index contributed by atoms with van der Waals surface area (Å²) in [6.45, 7) is 2.04. The van der Waals surface area contributed by atoms with E-state index in [-0.39, 0.29) is 6.10 Å². The Bertz CT molecular complexity index is 594. The van der Waals surface area contributed by atoms with Crippen molar-refractivity contribution in [2.75, 3.05) is 13.1 Å². The van der Waals surface area contributed by atoms with Gasteiger partial charge in [-0.05, 0) is 64.3 Å². The SMILES string of the molecule is Brc1ccc2c(Br)c(O[C@H]3CCCNC3)ccc2c1. The molecular weight excluding hydrogens is 370 g/mol. The lowest BCUT2D eigenvalue weighted by Crippen LogP contribution is -2.37. The third-order valence-corrected chi connectivity index (χ3v) is 4.74. The summed E-state index contributed by atoms with van der Waals surface area (Å²) in [6.07, 6.45) is 2.58. The van der Waals surface area contributed by atoms with Gasteiger partial charge in [0.15, 0.2) is 0 Å². The van der Waals surface area contributed by atoms with Crippen molar-refractivity contribution in [3.63, 3.8) is 0 Å². The molecule has 0 bridgehead atoms. The molecule has 3 rings (SSSR count). The van der Waals surface area contributed by atoms with Gasteiger partial charge < -0.3 is 10.1 Å². The summed E-state index contributed by atoms with van der Waals surface area (Å²) in [5.74, 6) is 0.934. The van der Waals surface area contributed by atoms with Gasteiger partial charge in [0.2, 0.25) is 0 Å². The Morgan fingerprint density at radius 2 is 2.05 bits per heavy atom. The second kappa shape index (κ2) is 5.81. The number of ether oxygens (including phenoxy) is 1. The maximum atomic E-state index is 6.10. The summed E-state index contributed by atoms with van der Waals surface area (Å²) in [4.78, 5) is 0. The zero-order valence-corrected chi connectivity index (χ0v) is 13.6. The first kappa shape index (κ1) is 13.4. The second-order valence-electron chi connectivity index (χ2n) is 4.83. The molecule has 2 aromatic rings. The van der Waals surface area contributed by atoms with Crippen molar-refractivity contribution in [3.8, 4) is 5.75 Å². The Kier molecular flexibility index (Phi) is 4.10. The van der Waals surface area contributed by atoms with Gasteiger partial charge >= 0.3 is 0 Å². The molecule has 1 saturated heterocycles. The van der Waals surface area contributed by atoms with Gasteiger partial charge in [-0.3, -0.25) is 0 Å². The van der Waals surface area contributed by atoms with Crippen molar-refractivity contribution < 1.29 is 4.74 Å². The molecule has 0 spiro atoms. The van der Waals surface area contributed by atoms with E-state index in [4.69, 9.17) is 4.74 Å². The number of nitrogens with one attached hydrogen (secondary N) is 1. The van der Waals surface area contributed by atoms with Gasteiger partial charge in [0, 0.05) is 11.0 Å². The largest absolute Gasteiger partial charge is 0.488 e. The topological polar surface area (TPSA) is 21.3 Å². The van der Waals surface area contributed by atoms with Crippen LogP contribution in [0.1, 0.15) is 12.8 Å². The first-order valence-electron chi connectivity index (χ1n) is 6.49. The highest BCUT2D eigenvalue weighted by Crippen LogP contribution is 2.35. The number of hydrogen-bond acceptors (Lipinski definition) is 2. The summed E-state index contributed by atoms with van der Waals surface area (Å²) in [5.41, 5.74) is 0. The lowest BCUT2D eigenvalue weighted by Gasteiger charge is -2.24. The Morgan fingerprint density at radius 1 is 1.16 bits per heavy atom. The van der Waals surface area contributed by atoms with Crippen LogP contribution in [0, 0.1) is 0 Å². The van der Waals surface area contributed by atoms with Crippen molar-refractivity contribution in [2.45, 2.75) is 18.9 Å². The molecule has 1 atom stereocenters. The average Bonchev–Trinajstić information content (AvgIpc) is 2.43. The predicted molar refractivity (Wildman–Crippen MR) is 85.9 cm³/mol. The fraction of sp³-hybridized carbons (Fsp3) is 0.333. The third-order valence-electron chi connectivity index (χ3n) is 3.43. The number of hydrogen-bond donors (Lipinski definition) is 1. The number of halogens is 2. The average molecular weight is 385 g/mol. The van der Waals surface area contributed by atoms with Crippen molar-refractivity contribution >= 4 is 42.6 Å². The summed E-state index contributed by atoms with van der Waals surface area (Å²) in [6, 6.07) is 10.4. The molecule has 2 aromatic carbocycles. The molecule has 1 heterocycles. The molecule has 100 valence electrons. The van der Waals surface area contributed by atoms with Crippen molar-refractivity contribution in [1.29, 1.82) is 0 Å². The molecular formula is C15H15Br2NO. The molecule has 1 fully saturated rings. The maximum Gasteiger partial charge on any atom is 0.134 e. The highest BCUT2D eigenvalue weighted by molar-refractivity contribution is 9.11. The van der Waals surface area contributed by atoms with Crippen LogP contribution in [0.15, 0.2) is 39.3 Å². The first-order chi connectivity index (χ1) is 9.24. The smallest absolute Gasteiger partial charge is 0.134 e. The van der Waals surface area contributed by atoms with E-state index in [0.717, 1.165) is 34.2 Å². The third kappa shape index (κ3) is 2.96. The summed E-state index contributed by atoms with van der Waals surface area (Å²) in [7, 11) is 0. The van der Waals surface area contributed by atoms with Crippen LogP contribution in [0.5, 0.6) is 5.75 Å². The molecule has 0 aliphatic carbocycles. The van der Waals surface area contributed by atoms with E-state index in [9.17, 15) is 0 Å². The Balaban J connectivity index is 1.91. The van der Waals surface area contributed by atoms with Gasteiger partial charge in [-0.25, -0.2) is 0 Å². The lowest BCUT2D eigenvalue weighted by molar-refractivity contribution is 0.166. The molecule has 0 amide bonds. The number of benzene rings is 2. The van der Waals surface area contributed by atoms with Crippen LogP contribution in [-0.2, 0) is 0 Å². The summed E-state index contributed by atoms with van der Waals surface area (Å²) in [5, 5.41) is 5.76. The first-order valence-corrected chi connectivity index (χ1v) is 8.08. The molecule has 0 radical (unpaired) electrons. The van der Waals surface area contributed by atoms with E-state index in [1.165, 1.54) is 17.2 Å². The van der Waals surface area contributed by atoms with Gasteiger partial charge in [0.05, 0.1) is 4.47 Å². The van der Waals surface area contributed by atoms with Crippen LogP contribution in [0.4, 0.5) is 0 Å². The quantitative estimate of drug-likeness (QED) is 0.823. The van der Waals surface area contributed by atoms with E-state index in [1.807, 2.05) is 6.07 Å². The minimum Gasteiger partial charge on any atom is -0.488 e. The summed E-state index contributed by atoms with van der Waals surface area (Å²) < 4.78 is 8.24. The minimum absolute atomic E-state index is 0.276. The highest BCUT2D eigenvalue weighted by Gasteiger charge is 2.16. The van der Waals surface area contributed by atoms with Gasteiger partial charge in [-0.1, -0.05) is 28.1 Å². The minimum atomic E-state index is 0.276. The van der Waals surface area contributed by atoms with Crippen LogP contribution in [0.25, 0.3) is 10.8 Å². The maximum absolute atomic E-state index is 6.10. The zero-order chi connectivity index (χ0) is 13.2. The Labute approximate surface area is 129 Å². The number of fused-ring (bicyclic) bond motifs is 1. The summed E-state index contributed by atoms with van der Waals surface area (Å²) >= 11 is 7.17. The Morgan fingerprint density at radius 3 is 2.84 bits per heavy atom. The molecule has 4 heteroatoms. The standard InChI is InChI=1S/C15H15Br2NO/c16-11-4-5-13-10(8-11)3-6-14(15(13)17)19-12-2-1-7-18-9-12/h3-6,8,12,18H,1-2,7,9H2/t12-/m0/s1. The molecule has 1 aliphatic rings. The van der Waals surface area contributed by atoms with Gasteiger partial charge in [0.1, 0.15) is 11.9 Å². The molecule has 0 unspecified atom stereocenters. The van der Waals surface area contributed by atoms with E-state index >= 15 is 0 Å². The fourth-order valence-electron chi connectivity index (χ4n) is 2.43. The zero-order valence-electron chi connectivity index (χ0n) is 10.5. The van der Waals surface area contributed by atoms with Crippen molar-refractivity contribution in [2.24, 2.45) is 0 Å². The van der Waals surface area contributed by atoms with E-state index in [1.54, 1.807) is 0 Å². The van der Waals surface area contributed by atoms with Gasteiger partial charge in [-0.15, -0.1) is 0 Å². The van der Waals surface area contributed by atoms with E-state index in [2.05, 4.69) is 61.4 Å². The van der Waals surface area contributed by atoms with Crippen molar-refractivity contribution in [1.82, 2.24) is 5.32 Å². The van der Waals surface area contributed by atoms with Crippen LogP contribution >= 0.6 is 31.9 Å². The molecule has 1 aliphatic heterocycles. The van der Waals surface area contributed by atoms with Gasteiger partial charge in [-0.2, -0.15) is 0 Å². The van der Waals surface area contributed by atoms with Crippen molar-refractivity contribution in [3.05, 3.63) is 39.3 Å². The number of rotatable bonds is 2. The molecule has 1 N–H and O–H groups in total. The van der Waals surface area contributed by atoms with E-state index < -0.39 is 0 Å². The molecule has 2 nitrogen and oxygen atoms in total. The monoisotopic (exact) mass is 383 g/mol. The van der Waals surface area contributed by atoms with Crippen LogP contribution in [0.3, 0.4) is 0 Å².